The Balaban J connectivity index is 2.73. The average Bonchev–Trinajstić information content (AvgIpc) is 1.83. The highest BCUT2D eigenvalue weighted by atomic mass is 16.5. The zero-order valence-corrected chi connectivity index (χ0v) is 7.70. The van der Waals surface area contributed by atoms with Gasteiger partial charge in [0.1, 0.15) is 5.41 Å². The molecule has 0 aliphatic carbocycles. The summed E-state index contributed by atoms with van der Waals surface area (Å²) in [5.74, 6) is -0.755. The van der Waals surface area contributed by atoms with Gasteiger partial charge in [0.2, 0.25) is 0 Å². The molecule has 4 nitrogen and oxygen atoms in total. The summed E-state index contributed by atoms with van der Waals surface area (Å²) in [7, 11) is 3.77. The lowest BCUT2D eigenvalue weighted by Gasteiger charge is -2.44. The Labute approximate surface area is 72.1 Å². The van der Waals surface area contributed by atoms with Gasteiger partial charge in [0, 0.05) is 6.04 Å². The number of ether oxygens (including phenoxy) is 1. The third-order valence-electron chi connectivity index (χ3n) is 2.72. The van der Waals surface area contributed by atoms with Crippen molar-refractivity contribution in [3.63, 3.8) is 0 Å². The SMILES string of the molecule is CC(N(C)C)C1(C(=O)O)COC1. The van der Waals surface area contributed by atoms with Crippen LogP contribution in [0.25, 0.3) is 0 Å². The fraction of sp³-hybridized carbons (Fsp3) is 0.875. The monoisotopic (exact) mass is 173 g/mol. The Morgan fingerprint density at radius 1 is 1.58 bits per heavy atom. The molecule has 1 atom stereocenters. The number of carboxylic acids is 1. The number of rotatable bonds is 3. The van der Waals surface area contributed by atoms with Gasteiger partial charge >= 0.3 is 5.97 Å². The van der Waals surface area contributed by atoms with E-state index in [1.807, 2.05) is 25.9 Å². The quantitative estimate of drug-likeness (QED) is 0.654. The first-order valence-corrected chi connectivity index (χ1v) is 3.98. The lowest BCUT2D eigenvalue weighted by molar-refractivity contribution is -0.191. The molecule has 12 heavy (non-hydrogen) atoms. The zero-order chi connectivity index (χ0) is 9.35. The van der Waals surface area contributed by atoms with E-state index in [-0.39, 0.29) is 6.04 Å². The summed E-state index contributed by atoms with van der Waals surface area (Å²) >= 11 is 0. The van der Waals surface area contributed by atoms with Crippen molar-refractivity contribution in [2.45, 2.75) is 13.0 Å². The molecule has 0 saturated carbocycles. The van der Waals surface area contributed by atoms with Gasteiger partial charge in [0.15, 0.2) is 0 Å². The molecule has 1 fully saturated rings. The molecule has 4 heteroatoms. The van der Waals surface area contributed by atoms with Gasteiger partial charge in [-0.15, -0.1) is 0 Å². The first-order chi connectivity index (χ1) is 5.50. The van der Waals surface area contributed by atoms with Crippen LogP contribution in [-0.4, -0.2) is 49.3 Å². The van der Waals surface area contributed by atoms with Crippen molar-refractivity contribution in [1.82, 2.24) is 4.90 Å². The molecule has 1 aliphatic heterocycles. The third-order valence-corrected chi connectivity index (χ3v) is 2.72. The molecule has 1 N–H and O–H groups in total. The lowest BCUT2D eigenvalue weighted by Crippen LogP contribution is -2.59. The fourth-order valence-corrected chi connectivity index (χ4v) is 1.36. The minimum atomic E-state index is -0.755. The Hall–Kier alpha value is -0.610. The minimum Gasteiger partial charge on any atom is -0.481 e. The smallest absolute Gasteiger partial charge is 0.315 e. The van der Waals surface area contributed by atoms with Crippen LogP contribution in [0.1, 0.15) is 6.92 Å². The summed E-state index contributed by atoms with van der Waals surface area (Å²) < 4.78 is 4.96. The molecule has 1 rings (SSSR count). The predicted molar refractivity (Wildman–Crippen MR) is 44.0 cm³/mol. The first-order valence-electron chi connectivity index (χ1n) is 3.98. The molecule has 0 spiro atoms. The van der Waals surface area contributed by atoms with Gasteiger partial charge in [-0.25, -0.2) is 0 Å². The third kappa shape index (κ3) is 1.21. The van der Waals surface area contributed by atoms with Gasteiger partial charge in [-0.1, -0.05) is 0 Å². The van der Waals surface area contributed by atoms with Gasteiger partial charge in [0.25, 0.3) is 0 Å². The van der Waals surface area contributed by atoms with Gasteiger partial charge in [-0.05, 0) is 21.0 Å². The normalized spacial score (nSPS) is 23.3. The van der Waals surface area contributed by atoms with Crippen LogP contribution in [0.15, 0.2) is 0 Å². The van der Waals surface area contributed by atoms with E-state index in [0.29, 0.717) is 13.2 Å². The Kier molecular flexibility index (Phi) is 2.39. The van der Waals surface area contributed by atoms with Gasteiger partial charge in [-0.3, -0.25) is 4.79 Å². The molecule has 0 bridgehead atoms. The zero-order valence-electron chi connectivity index (χ0n) is 7.70. The van der Waals surface area contributed by atoms with Crippen LogP contribution in [0.5, 0.6) is 0 Å². The van der Waals surface area contributed by atoms with Gasteiger partial charge in [-0.2, -0.15) is 0 Å². The Morgan fingerprint density at radius 3 is 2.17 bits per heavy atom. The molecule has 0 amide bonds. The summed E-state index contributed by atoms with van der Waals surface area (Å²) in [5.41, 5.74) is -0.677. The van der Waals surface area contributed by atoms with E-state index >= 15 is 0 Å². The topological polar surface area (TPSA) is 49.8 Å². The van der Waals surface area contributed by atoms with Gasteiger partial charge in [0.05, 0.1) is 13.2 Å². The van der Waals surface area contributed by atoms with E-state index in [1.54, 1.807) is 0 Å². The number of nitrogens with zero attached hydrogens (tertiary/aromatic N) is 1. The van der Waals surface area contributed by atoms with Crippen molar-refractivity contribution < 1.29 is 14.6 Å². The first kappa shape index (κ1) is 9.48. The summed E-state index contributed by atoms with van der Waals surface area (Å²) in [6.07, 6.45) is 0. The van der Waals surface area contributed by atoms with Crippen LogP contribution >= 0.6 is 0 Å². The predicted octanol–water partition coefficient (Wildman–Crippen LogP) is 0.0377. The van der Waals surface area contributed by atoms with Crippen molar-refractivity contribution in [2.24, 2.45) is 5.41 Å². The van der Waals surface area contributed by atoms with Crippen LogP contribution in [0.2, 0.25) is 0 Å². The van der Waals surface area contributed by atoms with E-state index in [9.17, 15) is 4.79 Å². The molecule has 1 unspecified atom stereocenters. The van der Waals surface area contributed by atoms with Crippen molar-refractivity contribution in [3.05, 3.63) is 0 Å². The van der Waals surface area contributed by atoms with Crippen LogP contribution in [0, 0.1) is 5.41 Å². The maximum absolute atomic E-state index is 10.9. The maximum Gasteiger partial charge on any atom is 0.315 e. The molecule has 1 aliphatic rings. The fourth-order valence-electron chi connectivity index (χ4n) is 1.36. The molecule has 0 aromatic rings. The number of carboxylic acid groups (broad SMARTS) is 1. The Morgan fingerprint density at radius 2 is 2.08 bits per heavy atom. The molecule has 1 saturated heterocycles. The highest BCUT2D eigenvalue weighted by molar-refractivity contribution is 5.77. The van der Waals surface area contributed by atoms with Crippen molar-refractivity contribution in [3.8, 4) is 0 Å². The van der Waals surface area contributed by atoms with Crippen LogP contribution in [-0.2, 0) is 9.53 Å². The van der Waals surface area contributed by atoms with E-state index in [2.05, 4.69) is 0 Å². The highest BCUT2D eigenvalue weighted by Gasteiger charge is 2.51. The number of hydrogen-bond acceptors (Lipinski definition) is 3. The summed E-state index contributed by atoms with van der Waals surface area (Å²) in [6, 6.07) is 0.0174. The number of carbonyl (C=O) groups is 1. The van der Waals surface area contributed by atoms with E-state index < -0.39 is 11.4 Å². The second-order valence-electron chi connectivity index (χ2n) is 3.59. The second kappa shape index (κ2) is 3.03. The Bertz CT molecular complexity index is 187. The molecule has 0 aromatic heterocycles. The molecule has 1 heterocycles. The lowest BCUT2D eigenvalue weighted by atomic mass is 9.78. The van der Waals surface area contributed by atoms with Crippen LogP contribution < -0.4 is 0 Å². The largest absolute Gasteiger partial charge is 0.481 e. The average molecular weight is 173 g/mol. The number of hydrogen-bond donors (Lipinski definition) is 1. The molecular formula is C8H15NO3. The summed E-state index contributed by atoms with van der Waals surface area (Å²) in [4.78, 5) is 12.9. The minimum absolute atomic E-state index is 0.0174. The number of aliphatic carboxylic acids is 1. The molecule has 0 radical (unpaired) electrons. The van der Waals surface area contributed by atoms with E-state index in [1.165, 1.54) is 0 Å². The molecular weight excluding hydrogens is 158 g/mol. The van der Waals surface area contributed by atoms with Crippen molar-refractivity contribution in [2.75, 3.05) is 27.3 Å². The van der Waals surface area contributed by atoms with Crippen molar-refractivity contribution >= 4 is 5.97 Å². The molecule has 0 aromatic carbocycles. The summed E-state index contributed by atoms with van der Waals surface area (Å²) in [5, 5.41) is 9.00. The maximum atomic E-state index is 10.9. The second-order valence-corrected chi connectivity index (χ2v) is 3.59. The van der Waals surface area contributed by atoms with Gasteiger partial charge < -0.3 is 14.7 Å². The van der Waals surface area contributed by atoms with Crippen molar-refractivity contribution in [1.29, 1.82) is 0 Å². The summed E-state index contributed by atoms with van der Waals surface area (Å²) in [6.45, 7) is 2.58. The van der Waals surface area contributed by atoms with E-state index in [4.69, 9.17) is 9.84 Å². The molecule has 70 valence electrons. The van der Waals surface area contributed by atoms with E-state index in [0.717, 1.165) is 0 Å². The van der Waals surface area contributed by atoms with Crippen LogP contribution in [0.3, 0.4) is 0 Å². The standard InChI is InChI=1S/C8H15NO3/c1-6(9(2)3)8(7(10)11)4-12-5-8/h6H,4-5H2,1-3H3,(H,10,11). The highest BCUT2D eigenvalue weighted by Crippen LogP contribution is 2.33. The van der Waals surface area contributed by atoms with Crippen LogP contribution in [0.4, 0.5) is 0 Å².